The predicted molar refractivity (Wildman–Crippen MR) is 109 cm³/mol. The highest BCUT2D eigenvalue weighted by atomic mass is 35.5. The molecular formula is C18H16ClFN2O3S2. The van der Waals surface area contributed by atoms with Crippen LogP contribution in [0.3, 0.4) is 0 Å². The van der Waals surface area contributed by atoms with Crippen LogP contribution in [0.15, 0.2) is 42.5 Å². The van der Waals surface area contributed by atoms with Crippen LogP contribution in [0.4, 0.5) is 15.8 Å². The van der Waals surface area contributed by atoms with Gasteiger partial charge in [0, 0.05) is 17.4 Å². The van der Waals surface area contributed by atoms with E-state index >= 15 is 0 Å². The molecule has 1 heterocycles. The average Bonchev–Trinajstić information content (AvgIpc) is 3.07. The van der Waals surface area contributed by atoms with Crippen LogP contribution in [-0.4, -0.2) is 27.1 Å². The summed E-state index contributed by atoms with van der Waals surface area (Å²) in [5, 5.41) is 3.36. The molecule has 0 aliphatic heterocycles. The Morgan fingerprint density at radius 2 is 1.96 bits per heavy atom. The molecule has 0 bridgehead atoms. The topological polar surface area (TPSA) is 66.5 Å². The van der Waals surface area contributed by atoms with Crippen molar-refractivity contribution in [1.82, 2.24) is 0 Å². The second-order valence-corrected chi connectivity index (χ2v) is 9.56. The van der Waals surface area contributed by atoms with Crippen molar-refractivity contribution >= 4 is 60.3 Å². The van der Waals surface area contributed by atoms with E-state index in [1.165, 1.54) is 40.9 Å². The Labute approximate surface area is 165 Å². The van der Waals surface area contributed by atoms with Gasteiger partial charge in [0.25, 0.3) is 5.91 Å². The highest BCUT2D eigenvalue weighted by molar-refractivity contribution is 7.92. The molecule has 0 radical (unpaired) electrons. The smallest absolute Gasteiger partial charge is 0.265 e. The number of thiophene rings is 1. The van der Waals surface area contributed by atoms with E-state index in [9.17, 15) is 17.6 Å². The maximum Gasteiger partial charge on any atom is 0.265 e. The van der Waals surface area contributed by atoms with E-state index in [0.29, 0.717) is 16.3 Å². The van der Waals surface area contributed by atoms with Crippen molar-refractivity contribution in [3.05, 3.63) is 58.2 Å². The minimum atomic E-state index is -3.36. The summed E-state index contributed by atoms with van der Waals surface area (Å²) in [5.41, 5.74) is 0.915. The summed E-state index contributed by atoms with van der Waals surface area (Å²) < 4.78 is 39.4. The van der Waals surface area contributed by atoms with Crippen LogP contribution in [0.2, 0.25) is 5.02 Å². The summed E-state index contributed by atoms with van der Waals surface area (Å²) >= 11 is 7.00. The highest BCUT2D eigenvalue weighted by Gasteiger charge is 2.17. The zero-order valence-electron chi connectivity index (χ0n) is 14.5. The Hall–Kier alpha value is -2.16. The van der Waals surface area contributed by atoms with E-state index in [1.54, 1.807) is 31.2 Å². The lowest BCUT2D eigenvalue weighted by Gasteiger charge is -2.18. The molecule has 0 saturated carbocycles. The zero-order chi connectivity index (χ0) is 19.8. The van der Waals surface area contributed by atoms with Gasteiger partial charge in [-0.15, -0.1) is 11.3 Å². The van der Waals surface area contributed by atoms with Gasteiger partial charge in [0.05, 0.1) is 21.3 Å². The molecular weight excluding hydrogens is 411 g/mol. The minimum Gasteiger partial charge on any atom is -0.321 e. The third-order valence-electron chi connectivity index (χ3n) is 4.05. The number of carbonyl (C=O) groups excluding carboxylic acids is 1. The van der Waals surface area contributed by atoms with Gasteiger partial charge in [-0.05, 0) is 54.8 Å². The molecule has 0 atom stereocenters. The number of hydrogen-bond acceptors (Lipinski definition) is 4. The number of amides is 1. The number of carbonyl (C=O) groups is 1. The Bertz CT molecular complexity index is 1130. The molecule has 1 aromatic heterocycles. The molecule has 5 nitrogen and oxygen atoms in total. The fourth-order valence-electron chi connectivity index (χ4n) is 2.46. The van der Waals surface area contributed by atoms with Crippen molar-refractivity contribution in [3.8, 4) is 0 Å². The summed E-state index contributed by atoms with van der Waals surface area (Å²) in [4.78, 5) is 12.9. The number of halogens is 2. The van der Waals surface area contributed by atoms with Gasteiger partial charge >= 0.3 is 0 Å². The van der Waals surface area contributed by atoms with Crippen molar-refractivity contribution < 1.29 is 17.6 Å². The Balaban J connectivity index is 1.87. The monoisotopic (exact) mass is 426 g/mol. The lowest BCUT2D eigenvalue weighted by atomic mass is 10.2. The van der Waals surface area contributed by atoms with Crippen molar-refractivity contribution in [1.29, 1.82) is 0 Å². The van der Waals surface area contributed by atoms with Gasteiger partial charge in [-0.3, -0.25) is 9.10 Å². The van der Waals surface area contributed by atoms with Crippen molar-refractivity contribution in [2.75, 3.05) is 22.4 Å². The maximum absolute atomic E-state index is 13.2. The number of hydrogen-bond donors (Lipinski definition) is 1. The van der Waals surface area contributed by atoms with Crippen LogP contribution >= 0.6 is 22.9 Å². The largest absolute Gasteiger partial charge is 0.321 e. The van der Waals surface area contributed by atoms with Crippen LogP contribution in [0.5, 0.6) is 0 Å². The number of nitrogens with one attached hydrogen (secondary N) is 1. The summed E-state index contributed by atoms with van der Waals surface area (Å²) in [6.45, 7) is 1.58. The molecule has 0 saturated heterocycles. The summed E-state index contributed by atoms with van der Waals surface area (Å²) in [6, 6.07) is 10.8. The van der Waals surface area contributed by atoms with Gasteiger partial charge in [-0.2, -0.15) is 0 Å². The van der Waals surface area contributed by atoms with E-state index in [1.807, 2.05) is 0 Å². The molecule has 0 aliphatic rings. The number of sulfonamides is 1. The van der Waals surface area contributed by atoms with Crippen LogP contribution < -0.4 is 9.62 Å². The first-order valence-corrected chi connectivity index (χ1v) is 10.8. The summed E-state index contributed by atoms with van der Waals surface area (Å²) in [5.74, 6) is -0.913. The lowest BCUT2D eigenvalue weighted by Crippen LogP contribution is -2.27. The third kappa shape index (κ3) is 4.07. The molecule has 1 N–H and O–H groups in total. The minimum absolute atomic E-state index is 0.000933. The van der Waals surface area contributed by atoms with Crippen molar-refractivity contribution in [3.63, 3.8) is 0 Å². The van der Waals surface area contributed by atoms with Crippen LogP contribution in [0.25, 0.3) is 10.1 Å². The number of benzene rings is 2. The second-order valence-electron chi connectivity index (χ2n) is 5.78. The normalized spacial score (nSPS) is 11.6. The molecule has 3 aromatic rings. The quantitative estimate of drug-likeness (QED) is 0.641. The first-order valence-electron chi connectivity index (χ1n) is 7.98. The van der Waals surface area contributed by atoms with E-state index in [-0.39, 0.29) is 16.7 Å². The standard InChI is InChI=1S/C18H16ClFN2O3S2/c1-3-27(24,25)22(2)13-5-7-16-11(8-13)9-17(26-16)18(23)21-12-4-6-15(20)14(19)10-12/h4-10H,3H2,1-2H3,(H,21,23). The molecule has 1 amide bonds. The molecule has 142 valence electrons. The van der Waals surface area contributed by atoms with E-state index in [2.05, 4.69) is 5.32 Å². The first-order chi connectivity index (χ1) is 12.7. The van der Waals surface area contributed by atoms with E-state index < -0.39 is 15.8 Å². The van der Waals surface area contributed by atoms with Gasteiger partial charge in [0.2, 0.25) is 10.0 Å². The predicted octanol–water partition coefficient (Wildman–Crippen LogP) is 4.73. The average molecular weight is 427 g/mol. The van der Waals surface area contributed by atoms with Gasteiger partial charge in [-0.1, -0.05) is 11.6 Å². The van der Waals surface area contributed by atoms with Crippen LogP contribution in [0, 0.1) is 5.82 Å². The molecule has 0 fully saturated rings. The molecule has 0 aliphatic carbocycles. The van der Waals surface area contributed by atoms with Crippen LogP contribution in [-0.2, 0) is 10.0 Å². The summed E-state index contributed by atoms with van der Waals surface area (Å²) in [7, 11) is -1.87. The van der Waals surface area contributed by atoms with Crippen molar-refractivity contribution in [2.24, 2.45) is 0 Å². The fraction of sp³-hybridized carbons (Fsp3) is 0.167. The van der Waals surface area contributed by atoms with Gasteiger partial charge in [-0.25, -0.2) is 12.8 Å². The van der Waals surface area contributed by atoms with Crippen molar-refractivity contribution in [2.45, 2.75) is 6.92 Å². The maximum atomic E-state index is 13.2. The van der Waals surface area contributed by atoms with Crippen LogP contribution in [0.1, 0.15) is 16.6 Å². The molecule has 3 rings (SSSR count). The number of nitrogens with zero attached hydrogens (tertiary/aromatic N) is 1. The highest BCUT2D eigenvalue weighted by Crippen LogP contribution is 2.31. The molecule has 27 heavy (non-hydrogen) atoms. The first kappa shape index (κ1) is 19.6. The number of fused-ring (bicyclic) bond motifs is 1. The van der Waals surface area contributed by atoms with E-state index in [4.69, 9.17) is 11.6 Å². The zero-order valence-corrected chi connectivity index (χ0v) is 16.9. The van der Waals surface area contributed by atoms with Gasteiger partial charge in [0.15, 0.2) is 0 Å². The lowest BCUT2D eigenvalue weighted by molar-refractivity contribution is 0.103. The van der Waals surface area contributed by atoms with E-state index in [0.717, 1.165) is 10.1 Å². The summed E-state index contributed by atoms with van der Waals surface area (Å²) in [6.07, 6.45) is 0. The number of anilines is 2. The third-order valence-corrected chi connectivity index (χ3v) is 7.23. The number of rotatable bonds is 5. The Kier molecular flexibility index (Phi) is 5.41. The molecule has 2 aromatic carbocycles. The fourth-order valence-corrected chi connectivity index (χ4v) is 4.40. The SMILES string of the molecule is CCS(=O)(=O)N(C)c1ccc2sc(C(=O)Nc3ccc(F)c(Cl)c3)cc2c1. The van der Waals surface area contributed by atoms with Gasteiger partial charge < -0.3 is 5.32 Å². The molecule has 0 spiro atoms. The Morgan fingerprint density at radius 3 is 2.63 bits per heavy atom. The second kappa shape index (κ2) is 7.46. The molecule has 9 heteroatoms. The molecule has 0 unspecified atom stereocenters. The van der Waals surface area contributed by atoms with Gasteiger partial charge in [0.1, 0.15) is 5.82 Å². The Morgan fingerprint density at radius 1 is 1.22 bits per heavy atom.